The van der Waals surface area contributed by atoms with Crippen molar-refractivity contribution < 1.29 is 5.11 Å². The highest BCUT2D eigenvalue weighted by atomic mass is 16.3. The average molecular weight is 184 g/mol. The molecular formula is C10H20N2O. The first kappa shape index (κ1) is 9.44. The summed E-state index contributed by atoms with van der Waals surface area (Å²) in [6.07, 6.45) is 3.51. The van der Waals surface area contributed by atoms with E-state index in [1.807, 2.05) is 0 Å². The first-order valence-electron chi connectivity index (χ1n) is 5.41. The fourth-order valence-corrected chi connectivity index (χ4v) is 2.48. The van der Waals surface area contributed by atoms with E-state index in [2.05, 4.69) is 17.1 Å². The monoisotopic (exact) mass is 184 g/mol. The van der Waals surface area contributed by atoms with E-state index in [4.69, 9.17) is 0 Å². The zero-order valence-electron chi connectivity index (χ0n) is 8.37. The summed E-state index contributed by atoms with van der Waals surface area (Å²) in [7, 11) is 0. The molecule has 3 atom stereocenters. The second kappa shape index (κ2) is 3.95. The van der Waals surface area contributed by atoms with Crippen molar-refractivity contribution in [1.82, 2.24) is 10.2 Å². The van der Waals surface area contributed by atoms with Gasteiger partial charge in [0.2, 0.25) is 0 Å². The molecule has 0 radical (unpaired) electrons. The Kier molecular flexibility index (Phi) is 2.86. The molecule has 2 aliphatic rings. The predicted molar refractivity (Wildman–Crippen MR) is 52.7 cm³/mol. The Morgan fingerprint density at radius 1 is 1.54 bits per heavy atom. The second-order valence-electron chi connectivity index (χ2n) is 4.48. The number of nitrogens with zero attached hydrogens (tertiary/aromatic N) is 1. The molecule has 3 unspecified atom stereocenters. The third kappa shape index (κ3) is 2.22. The first-order chi connectivity index (χ1) is 6.25. The molecule has 0 aromatic carbocycles. The maximum Gasteiger partial charge on any atom is 0.0680 e. The zero-order chi connectivity index (χ0) is 9.26. The number of hydrogen-bond donors (Lipinski definition) is 2. The van der Waals surface area contributed by atoms with Gasteiger partial charge < -0.3 is 10.4 Å². The summed E-state index contributed by atoms with van der Waals surface area (Å²) in [4.78, 5) is 2.54. The summed E-state index contributed by atoms with van der Waals surface area (Å²) in [6.45, 7) is 5.46. The minimum Gasteiger partial charge on any atom is -0.392 e. The van der Waals surface area contributed by atoms with Crippen LogP contribution in [-0.2, 0) is 0 Å². The van der Waals surface area contributed by atoms with Crippen molar-refractivity contribution in [3.05, 3.63) is 0 Å². The molecule has 0 spiro atoms. The Balaban J connectivity index is 1.77. The van der Waals surface area contributed by atoms with E-state index in [9.17, 15) is 5.11 Å². The summed E-state index contributed by atoms with van der Waals surface area (Å²) in [5.41, 5.74) is 0. The van der Waals surface area contributed by atoms with E-state index in [0.29, 0.717) is 6.04 Å². The highest BCUT2D eigenvalue weighted by Gasteiger charge is 2.27. The number of nitrogens with one attached hydrogen (secondary N) is 1. The van der Waals surface area contributed by atoms with Gasteiger partial charge in [0.1, 0.15) is 0 Å². The molecule has 0 amide bonds. The minimum absolute atomic E-state index is 0.108. The Bertz CT molecular complexity index is 174. The molecule has 2 aliphatic heterocycles. The van der Waals surface area contributed by atoms with Gasteiger partial charge in [-0.05, 0) is 32.7 Å². The van der Waals surface area contributed by atoms with E-state index in [1.165, 1.54) is 19.4 Å². The lowest BCUT2D eigenvalue weighted by molar-refractivity contribution is 0.186. The van der Waals surface area contributed by atoms with E-state index in [1.54, 1.807) is 0 Å². The first-order valence-corrected chi connectivity index (χ1v) is 5.41. The molecule has 2 fully saturated rings. The van der Waals surface area contributed by atoms with Crippen LogP contribution in [0.5, 0.6) is 0 Å². The van der Waals surface area contributed by atoms with E-state index in [-0.39, 0.29) is 6.10 Å². The van der Waals surface area contributed by atoms with Gasteiger partial charge in [-0.2, -0.15) is 0 Å². The molecule has 2 heterocycles. The smallest absolute Gasteiger partial charge is 0.0680 e. The quantitative estimate of drug-likeness (QED) is 0.643. The van der Waals surface area contributed by atoms with E-state index >= 15 is 0 Å². The van der Waals surface area contributed by atoms with Crippen molar-refractivity contribution in [3.63, 3.8) is 0 Å². The number of aliphatic hydroxyl groups is 1. The summed E-state index contributed by atoms with van der Waals surface area (Å²) in [5, 5.41) is 12.7. The molecule has 2 saturated heterocycles. The van der Waals surface area contributed by atoms with Gasteiger partial charge in [-0.25, -0.2) is 0 Å². The van der Waals surface area contributed by atoms with Crippen molar-refractivity contribution in [2.24, 2.45) is 0 Å². The normalized spacial score (nSPS) is 41.5. The molecular weight excluding hydrogens is 164 g/mol. The van der Waals surface area contributed by atoms with Crippen LogP contribution >= 0.6 is 0 Å². The maximum atomic E-state index is 9.36. The van der Waals surface area contributed by atoms with Gasteiger partial charge in [0.05, 0.1) is 6.10 Å². The van der Waals surface area contributed by atoms with Crippen LogP contribution < -0.4 is 5.32 Å². The lowest BCUT2D eigenvalue weighted by Gasteiger charge is -2.24. The molecule has 3 nitrogen and oxygen atoms in total. The summed E-state index contributed by atoms with van der Waals surface area (Å²) in [5.74, 6) is 0. The predicted octanol–water partition coefficient (Wildman–Crippen LogP) is 0.193. The lowest BCUT2D eigenvalue weighted by Crippen LogP contribution is -2.39. The van der Waals surface area contributed by atoms with Crippen LogP contribution in [0.1, 0.15) is 26.2 Å². The number of likely N-dealkylation sites (tertiary alicyclic amines) is 1. The highest BCUT2D eigenvalue weighted by Crippen LogP contribution is 2.18. The molecule has 2 N–H and O–H groups in total. The van der Waals surface area contributed by atoms with Crippen molar-refractivity contribution in [2.75, 3.05) is 19.6 Å². The van der Waals surface area contributed by atoms with Gasteiger partial charge in [-0.3, -0.25) is 4.90 Å². The van der Waals surface area contributed by atoms with Crippen LogP contribution in [0, 0.1) is 0 Å². The Morgan fingerprint density at radius 2 is 2.38 bits per heavy atom. The molecule has 0 saturated carbocycles. The zero-order valence-corrected chi connectivity index (χ0v) is 8.37. The molecule has 0 bridgehead atoms. The molecule has 76 valence electrons. The third-order valence-corrected chi connectivity index (χ3v) is 3.34. The molecule has 0 aromatic heterocycles. The van der Waals surface area contributed by atoms with Crippen molar-refractivity contribution in [2.45, 2.75) is 44.4 Å². The summed E-state index contributed by atoms with van der Waals surface area (Å²) >= 11 is 0. The van der Waals surface area contributed by atoms with Gasteiger partial charge in [-0.15, -0.1) is 0 Å². The number of aliphatic hydroxyl groups excluding tert-OH is 1. The number of hydrogen-bond acceptors (Lipinski definition) is 3. The molecule has 0 aromatic rings. The summed E-state index contributed by atoms with van der Waals surface area (Å²) in [6, 6.07) is 1.27. The van der Waals surface area contributed by atoms with Crippen molar-refractivity contribution in [3.8, 4) is 0 Å². The third-order valence-electron chi connectivity index (χ3n) is 3.34. The Hall–Kier alpha value is -0.120. The second-order valence-corrected chi connectivity index (χ2v) is 4.48. The van der Waals surface area contributed by atoms with Crippen LogP contribution in [0.25, 0.3) is 0 Å². The SMILES string of the molecule is CC1CCCN1CC1CC(O)CN1. The van der Waals surface area contributed by atoms with Crippen molar-refractivity contribution in [1.29, 1.82) is 0 Å². The van der Waals surface area contributed by atoms with Crippen LogP contribution in [0.2, 0.25) is 0 Å². The van der Waals surface area contributed by atoms with Gasteiger partial charge in [0.15, 0.2) is 0 Å². The largest absolute Gasteiger partial charge is 0.392 e. The van der Waals surface area contributed by atoms with Gasteiger partial charge in [0, 0.05) is 25.2 Å². The fourth-order valence-electron chi connectivity index (χ4n) is 2.48. The standard InChI is InChI=1S/C10H20N2O/c1-8-3-2-4-12(8)7-9-5-10(13)6-11-9/h8-11,13H,2-7H2,1H3. The van der Waals surface area contributed by atoms with Crippen LogP contribution in [0.4, 0.5) is 0 Å². The van der Waals surface area contributed by atoms with Gasteiger partial charge >= 0.3 is 0 Å². The highest BCUT2D eigenvalue weighted by molar-refractivity contribution is 4.86. The van der Waals surface area contributed by atoms with Gasteiger partial charge in [-0.1, -0.05) is 0 Å². The van der Waals surface area contributed by atoms with E-state index < -0.39 is 0 Å². The average Bonchev–Trinajstić information content (AvgIpc) is 2.64. The summed E-state index contributed by atoms with van der Waals surface area (Å²) < 4.78 is 0. The lowest BCUT2D eigenvalue weighted by atomic mass is 10.2. The number of β-amino-alcohol motifs (C(OH)–C–C–N with tert-alkyl or cyclic N) is 1. The fraction of sp³-hybridized carbons (Fsp3) is 1.00. The molecule has 0 aliphatic carbocycles. The van der Waals surface area contributed by atoms with Crippen molar-refractivity contribution >= 4 is 0 Å². The van der Waals surface area contributed by atoms with Crippen LogP contribution in [0.15, 0.2) is 0 Å². The van der Waals surface area contributed by atoms with Gasteiger partial charge in [0.25, 0.3) is 0 Å². The maximum absolute atomic E-state index is 9.36. The number of rotatable bonds is 2. The van der Waals surface area contributed by atoms with E-state index in [0.717, 1.165) is 25.6 Å². The van der Waals surface area contributed by atoms with Crippen LogP contribution in [0.3, 0.4) is 0 Å². The molecule has 3 heteroatoms. The van der Waals surface area contributed by atoms with Crippen LogP contribution in [-0.4, -0.2) is 47.8 Å². The minimum atomic E-state index is -0.108. The topological polar surface area (TPSA) is 35.5 Å². The Morgan fingerprint density at radius 3 is 2.92 bits per heavy atom. The Labute approximate surface area is 80.1 Å². The molecule has 2 rings (SSSR count). The molecule has 13 heavy (non-hydrogen) atoms.